The number of piperidine rings is 1. The van der Waals surface area contributed by atoms with Crippen LogP contribution in [0.5, 0.6) is 0 Å². The van der Waals surface area contributed by atoms with Gasteiger partial charge in [-0.1, -0.05) is 12.1 Å². The smallest absolute Gasteiger partial charge is 0.330 e. The van der Waals surface area contributed by atoms with Gasteiger partial charge in [0, 0.05) is 31.1 Å². The second kappa shape index (κ2) is 8.23. The Bertz CT molecular complexity index is 900. The number of alkyl halides is 3. The van der Waals surface area contributed by atoms with Gasteiger partial charge >= 0.3 is 6.18 Å². The van der Waals surface area contributed by atoms with Crippen LogP contribution in [0.25, 0.3) is 0 Å². The van der Waals surface area contributed by atoms with E-state index < -0.39 is 24.2 Å². The zero-order chi connectivity index (χ0) is 22.3. The Kier molecular flexibility index (Phi) is 5.78. The number of amides is 3. The molecule has 0 spiro atoms. The van der Waals surface area contributed by atoms with Gasteiger partial charge in [0.1, 0.15) is 12.1 Å². The van der Waals surface area contributed by atoms with Crippen LogP contribution in [0.3, 0.4) is 0 Å². The molecule has 1 aromatic rings. The first-order valence-corrected chi connectivity index (χ1v) is 10.5. The van der Waals surface area contributed by atoms with Crippen LogP contribution in [-0.2, 0) is 22.7 Å². The van der Waals surface area contributed by atoms with E-state index in [-0.39, 0.29) is 56.8 Å². The molecule has 7 nitrogen and oxygen atoms in total. The van der Waals surface area contributed by atoms with Crippen LogP contribution >= 0.6 is 0 Å². The van der Waals surface area contributed by atoms with Crippen LogP contribution in [0.2, 0.25) is 0 Å². The molecule has 1 saturated carbocycles. The molecule has 4 rings (SSSR count). The molecule has 31 heavy (non-hydrogen) atoms. The lowest BCUT2D eigenvalue weighted by atomic mass is 10.0. The summed E-state index contributed by atoms with van der Waals surface area (Å²) in [5.41, 5.74) is 7.17. The largest absolute Gasteiger partial charge is 0.404 e. The van der Waals surface area contributed by atoms with Crippen molar-refractivity contribution in [2.75, 3.05) is 6.54 Å². The van der Waals surface area contributed by atoms with Gasteiger partial charge in [0.15, 0.2) is 0 Å². The normalized spacial score (nSPS) is 22.7. The quantitative estimate of drug-likeness (QED) is 0.632. The van der Waals surface area contributed by atoms with E-state index in [9.17, 15) is 27.6 Å². The predicted molar refractivity (Wildman–Crippen MR) is 105 cm³/mol. The van der Waals surface area contributed by atoms with Crippen LogP contribution in [-0.4, -0.2) is 58.4 Å². The van der Waals surface area contributed by atoms with Gasteiger partial charge in [0.25, 0.3) is 5.91 Å². The van der Waals surface area contributed by atoms with Crippen molar-refractivity contribution < 1.29 is 27.6 Å². The standard InChI is InChI=1S/C21H25F3N4O3/c22-21(23,24)17(8-9-25)27(13-4-5-13)10-12-2-1-3-14-15(12)11-28(20(14)31)16-6-7-18(29)26-19(16)30/h1-3,13,16-17H,4-11,25H2,(H,26,29,30). The molecule has 3 amide bonds. The van der Waals surface area contributed by atoms with Gasteiger partial charge < -0.3 is 10.6 Å². The number of rotatable bonds is 7. The van der Waals surface area contributed by atoms with E-state index in [1.165, 1.54) is 9.80 Å². The van der Waals surface area contributed by atoms with Crippen molar-refractivity contribution in [1.82, 2.24) is 15.1 Å². The summed E-state index contributed by atoms with van der Waals surface area (Å²) in [6.07, 6.45) is -2.79. The Hall–Kier alpha value is -2.46. The van der Waals surface area contributed by atoms with Crippen molar-refractivity contribution in [3.63, 3.8) is 0 Å². The average Bonchev–Trinajstić information content (AvgIpc) is 3.48. The number of nitrogens with two attached hydrogens (primary N) is 1. The summed E-state index contributed by atoms with van der Waals surface area (Å²) < 4.78 is 41.2. The van der Waals surface area contributed by atoms with Gasteiger partial charge in [-0.2, -0.15) is 13.2 Å². The van der Waals surface area contributed by atoms with Gasteiger partial charge in [0.05, 0.1) is 0 Å². The van der Waals surface area contributed by atoms with E-state index in [0.717, 1.165) is 0 Å². The van der Waals surface area contributed by atoms with Gasteiger partial charge in [-0.05, 0) is 49.4 Å². The van der Waals surface area contributed by atoms with Crippen molar-refractivity contribution in [2.45, 2.75) is 69.5 Å². The van der Waals surface area contributed by atoms with Gasteiger partial charge in [-0.3, -0.25) is 24.6 Å². The minimum atomic E-state index is -4.39. The fourth-order valence-electron chi connectivity index (χ4n) is 4.57. The molecule has 2 atom stereocenters. The number of halogens is 3. The second-order valence-electron chi connectivity index (χ2n) is 8.38. The Morgan fingerprint density at radius 3 is 2.55 bits per heavy atom. The SMILES string of the molecule is NCCC(N(Cc1cccc2c1CN(C1CCC(=O)NC1=O)C2=O)C1CC1)C(F)(F)F. The summed E-state index contributed by atoms with van der Waals surface area (Å²) >= 11 is 0. The van der Waals surface area contributed by atoms with E-state index in [0.29, 0.717) is 29.5 Å². The molecule has 2 heterocycles. The Morgan fingerprint density at radius 2 is 1.94 bits per heavy atom. The summed E-state index contributed by atoms with van der Waals surface area (Å²) in [5.74, 6) is -1.22. The highest BCUT2D eigenvalue weighted by Gasteiger charge is 2.48. The first-order chi connectivity index (χ1) is 14.7. The minimum absolute atomic E-state index is 0.0640. The number of carbonyl (C=O) groups is 3. The van der Waals surface area contributed by atoms with E-state index in [4.69, 9.17) is 5.73 Å². The monoisotopic (exact) mass is 438 g/mol. The lowest BCUT2D eigenvalue weighted by Crippen LogP contribution is -2.52. The van der Waals surface area contributed by atoms with Crippen LogP contribution < -0.4 is 11.1 Å². The maximum absolute atomic E-state index is 13.7. The molecule has 1 aromatic carbocycles. The van der Waals surface area contributed by atoms with Crippen LogP contribution in [0.1, 0.15) is 53.6 Å². The molecule has 2 unspecified atom stereocenters. The molecule has 3 aliphatic rings. The van der Waals surface area contributed by atoms with Crippen molar-refractivity contribution >= 4 is 17.7 Å². The van der Waals surface area contributed by atoms with E-state index in [2.05, 4.69) is 5.32 Å². The number of hydrogen-bond acceptors (Lipinski definition) is 5. The lowest BCUT2D eigenvalue weighted by Gasteiger charge is -2.33. The predicted octanol–water partition coefficient (Wildman–Crippen LogP) is 1.69. The van der Waals surface area contributed by atoms with Crippen molar-refractivity contribution in [2.24, 2.45) is 5.73 Å². The second-order valence-corrected chi connectivity index (χ2v) is 8.38. The number of nitrogens with one attached hydrogen (secondary N) is 1. The zero-order valence-corrected chi connectivity index (χ0v) is 17.0. The molecule has 2 fully saturated rings. The molecule has 1 aliphatic carbocycles. The maximum atomic E-state index is 13.7. The van der Waals surface area contributed by atoms with Gasteiger partial charge in [-0.25, -0.2) is 0 Å². The molecule has 0 radical (unpaired) electrons. The molecule has 1 saturated heterocycles. The molecular weight excluding hydrogens is 413 g/mol. The van der Waals surface area contributed by atoms with Crippen LogP contribution in [0.15, 0.2) is 18.2 Å². The maximum Gasteiger partial charge on any atom is 0.404 e. The van der Waals surface area contributed by atoms with E-state index in [1.54, 1.807) is 18.2 Å². The third kappa shape index (κ3) is 4.31. The average molecular weight is 438 g/mol. The number of carbonyl (C=O) groups excluding carboxylic acids is 3. The first-order valence-electron chi connectivity index (χ1n) is 10.5. The molecule has 168 valence electrons. The van der Waals surface area contributed by atoms with Crippen molar-refractivity contribution in [1.29, 1.82) is 0 Å². The van der Waals surface area contributed by atoms with Crippen LogP contribution in [0, 0.1) is 0 Å². The molecule has 2 aliphatic heterocycles. The zero-order valence-electron chi connectivity index (χ0n) is 17.0. The lowest BCUT2D eigenvalue weighted by molar-refractivity contribution is -0.188. The fraction of sp³-hybridized carbons (Fsp3) is 0.571. The minimum Gasteiger partial charge on any atom is -0.330 e. The number of benzene rings is 1. The van der Waals surface area contributed by atoms with Gasteiger partial charge in [-0.15, -0.1) is 0 Å². The highest BCUT2D eigenvalue weighted by atomic mass is 19.4. The molecule has 0 bridgehead atoms. The van der Waals surface area contributed by atoms with Crippen molar-refractivity contribution in [3.8, 4) is 0 Å². The van der Waals surface area contributed by atoms with Gasteiger partial charge in [0.2, 0.25) is 11.8 Å². The number of nitrogens with zero attached hydrogens (tertiary/aromatic N) is 2. The fourth-order valence-corrected chi connectivity index (χ4v) is 4.57. The molecule has 10 heteroatoms. The number of imide groups is 1. The summed E-state index contributed by atoms with van der Waals surface area (Å²) in [6, 6.07) is 2.49. The Morgan fingerprint density at radius 1 is 1.19 bits per heavy atom. The Labute approximate surface area is 177 Å². The molecular formula is C21H25F3N4O3. The summed E-state index contributed by atoms with van der Waals surface area (Å²) in [6.45, 7) is 0.138. The highest BCUT2D eigenvalue weighted by Crippen LogP contribution is 2.38. The number of hydrogen-bond donors (Lipinski definition) is 2. The van der Waals surface area contributed by atoms with Crippen molar-refractivity contribution in [3.05, 3.63) is 34.9 Å². The molecule has 0 aromatic heterocycles. The number of fused-ring (bicyclic) bond motifs is 1. The third-order valence-electron chi connectivity index (χ3n) is 6.27. The van der Waals surface area contributed by atoms with E-state index >= 15 is 0 Å². The molecule has 3 N–H and O–H groups in total. The Balaban J connectivity index is 1.59. The topological polar surface area (TPSA) is 95.7 Å². The summed E-state index contributed by atoms with van der Waals surface area (Å²) in [5, 5.41) is 2.25. The summed E-state index contributed by atoms with van der Waals surface area (Å²) in [7, 11) is 0. The highest BCUT2D eigenvalue weighted by molar-refractivity contribution is 6.05. The third-order valence-corrected chi connectivity index (χ3v) is 6.27. The van der Waals surface area contributed by atoms with Crippen LogP contribution in [0.4, 0.5) is 13.2 Å². The van der Waals surface area contributed by atoms with E-state index in [1.807, 2.05) is 0 Å². The summed E-state index contributed by atoms with van der Waals surface area (Å²) in [4.78, 5) is 39.5. The first kappa shape index (κ1) is 21.8.